The number of aromatic nitrogens is 2. The number of aromatic amines is 1. The highest BCUT2D eigenvalue weighted by Gasteiger charge is 2.31. The van der Waals surface area contributed by atoms with E-state index in [1.807, 2.05) is 12.3 Å². The summed E-state index contributed by atoms with van der Waals surface area (Å²) in [7, 11) is 3.31. The number of fused-ring (bicyclic) bond motifs is 1. The van der Waals surface area contributed by atoms with Crippen molar-refractivity contribution in [2.45, 2.75) is 17.7 Å². The van der Waals surface area contributed by atoms with Crippen LogP contribution in [0.4, 0.5) is 14.5 Å². The molecule has 2 aromatic heterocycles. The normalized spacial score (nSPS) is 15.9. The molecule has 0 radical (unpaired) electrons. The monoisotopic (exact) mass is 483 g/mol. The summed E-state index contributed by atoms with van der Waals surface area (Å²) in [6.45, 7) is 0.564. The van der Waals surface area contributed by atoms with Gasteiger partial charge in [-0.1, -0.05) is 0 Å². The van der Waals surface area contributed by atoms with Crippen LogP contribution < -0.4 is 10.3 Å². The Morgan fingerprint density at radius 2 is 2.09 bits per heavy atom. The zero-order valence-electron chi connectivity index (χ0n) is 19.0. The van der Waals surface area contributed by atoms with Gasteiger partial charge < -0.3 is 14.8 Å². The first-order valence-corrected chi connectivity index (χ1v) is 11.9. The van der Waals surface area contributed by atoms with E-state index in [0.29, 0.717) is 35.5 Å². The fraction of sp³-hybridized carbons (Fsp3) is 0.333. The summed E-state index contributed by atoms with van der Waals surface area (Å²) in [6, 6.07) is 5.84. The van der Waals surface area contributed by atoms with E-state index < -0.39 is 17.1 Å². The van der Waals surface area contributed by atoms with Gasteiger partial charge in [-0.05, 0) is 25.2 Å². The number of nitrogens with one attached hydrogen (secondary N) is 1. The standard InChI is InChI=1S/C24H23F2N5O2S/c1-30(2)24(33)13-5-4-6-31(12-13)23-16(25)8-18-21(22(23)26)19(32)9-17(29-18)15-7-14(10-27)28-11-20(15)34-3/h7-9,11,13H,4-6,12H2,1-3H3,(H,29,32)/t13-/m0/s1. The minimum Gasteiger partial charge on any atom is -0.366 e. The fourth-order valence-corrected chi connectivity index (χ4v) is 4.94. The van der Waals surface area contributed by atoms with Crippen LogP contribution in [0.2, 0.25) is 0 Å². The first kappa shape index (κ1) is 23.7. The van der Waals surface area contributed by atoms with Gasteiger partial charge in [-0.15, -0.1) is 11.8 Å². The van der Waals surface area contributed by atoms with E-state index >= 15 is 8.78 Å². The lowest BCUT2D eigenvalue weighted by Gasteiger charge is -2.35. The number of carbonyl (C=O) groups excluding carboxylic acids is 1. The largest absolute Gasteiger partial charge is 0.366 e. The highest BCUT2D eigenvalue weighted by atomic mass is 32.2. The van der Waals surface area contributed by atoms with Crippen LogP contribution in [0.25, 0.3) is 22.2 Å². The van der Waals surface area contributed by atoms with E-state index in [0.717, 1.165) is 6.07 Å². The van der Waals surface area contributed by atoms with Crippen LogP contribution in [0.3, 0.4) is 0 Å². The maximum atomic E-state index is 15.6. The first-order chi connectivity index (χ1) is 16.2. The van der Waals surface area contributed by atoms with Crippen molar-refractivity contribution in [2.75, 3.05) is 38.3 Å². The predicted molar refractivity (Wildman–Crippen MR) is 128 cm³/mol. The molecule has 3 heterocycles. The lowest BCUT2D eigenvalue weighted by molar-refractivity contribution is -0.133. The second-order valence-electron chi connectivity index (χ2n) is 8.39. The average molecular weight is 484 g/mol. The number of thioether (sulfide) groups is 1. The second-order valence-corrected chi connectivity index (χ2v) is 9.24. The van der Waals surface area contributed by atoms with Gasteiger partial charge in [0.25, 0.3) is 0 Å². The summed E-state index contributed by atoms with van der Waals surface area (Å²) in [4.78, 5) is 36.1. The molecule has 4 rings (SSSR count). The molecule has 1 atom stereocenters. The summed E-state index contributed by atoms with van der Waals surface area (Å²) in [5, 5.41) is 8.94. The molecule has 1 amide bonds. The summed E-state index contributed by atoms with van der Waals surface area (Å²) >= 11 is 1.37. The number of halogens is 2. The highest BCUT2D eigenvalue weighted by Crippen LogP contribution is 2.34. The molecule has 3 aromatic rings. The number of carbonyl (C=O) groups is 1. The molecule has 0 saturated carbocycles. The Morgan fingerprint density at radius 3 is 2.76 bits per heavy atom. The molecule has 0 spiro atoms. The number of pyridine rings is 2. The molecule has 34 heavy (non-hydrogen) atoms. The molecule has 7 nitrogen and oxygen atoms in total. The van der Waals surface area contributed by atoms with Crippen LogP contribution in [0.5, 0.6) is 0 Å². The van der Waals surface area contributed by atoms with Gasteiger partial charge in [-0.25, -0.2) is 13.8 Å². The van der Waals surface area contributed by atoms with Crippen LogP contribution in [0, 0.1) is 28.9 Å². The van der Waals surface area contributed by atoms with E-state index in [-0.39, 0.29) is 40.7 Å². The Morgan fingerprint density at radius 1 is 1.32 bits per heavy atom. The Kier molecular flexibility index (Phi) is 6.57. The van der Waals surface area contributed by atoms with E-state index in [1.54, 1.807) is 14.1 Å². The second kappa shape index (κ2) is 9.43. The van der Waals surface area contributed by atoms with Crippen molar-refractivity contribution < 1.29 is 13.6 Å². The minimum absolute atomic E-state index is 0.0153. The van der Waals surface area contributed by atoms with E-state index in [2.05, 4.69) is 9.97 Å². The Hall–Kier alpha value is -3.45. The molecule has 1 aliphatic rings. The van der Waals surface area contributed by atoms with Crippen molar-refractivity contribution in [3.63, 3.8) is 0 Å². The molecule has 1 saturated heterocycles. The molecule has 0 bridgehead atoms. The van der Waals surface area contributed by atoms with Crippen LogP contribution in [0.15, 0.2) is 34.1 Å². The maximum Gasteiger partial charge on any atom is 0.226 e. The van der Waals surface area contributed by atoms with Crippen LogP contribution in [0.1, 0.15) is 18.5 Å². The molecule has 176 valence electrons. The van der Waals surface area contributed by atoms with Crippen molar-refractivity contribution in [3.05, 3.63) is 51.9 Å². The van der Waals surface area contributed by atoms with Gasteiger partial charge in [0, 0.05) is 56.0 Å². The van der Waals surface area contributed by atoms with Gasteiger partial charge >= 0.3 is 0 Å². The van der Waals surface area contributed by atoms with Gasteiger partial charge in [-0.3, -0.25) is 9.59 Å². The number of benzene rings is 1. The number of rotatable bonds is 4. The number of hydrogen-bond donors (Lipinski definition) is 1. The third-order valence-electron chi connectivity index (χ3n) is 6.00. The Balaban J connectivity index is 1.82. The van der Waals surface area contributed by atoms with E-state index in [9.17, 15) is 14.9 Å². The number of piperidine rings is 1. The molecule has 1 N–H and O–H groups in total. The molecular weight excluding hydrogens is 460 g/mol. The average Bonchev–Trinajstić information content (AvgIpc) is 2.82. The number of H-pyrrole nitrogens is 1. The molecule has 10 heteroatoms. The van der Waals surface area contributed by atoms with Crippen molar-refractivity contribution in [1.82, 2.24) is 14.9 Å². The highest BCUT2D eigenvalue weighted by molar-refractivity contribution is 7.98. The molecule has 1 aromatic carbocycles. The van der Waals surface area contributed by atoms with Gasteiger partial charge in [0.1, 0.15) is 17.5 Å². The topological polar surface area (TPSA) is 93.1 Å². The zero-order valence-corrected chi connectivity index (χ0v) is 19.8. The number of anilines is 1. The zero-order chi connectivity index (χ0) is 24.6. The Labute approximate surface area is 199 Å². The predicted octanol–water partition coefficient (Wildman–Crippen LogP) is 3.77. The lowest BCUT2D eigenvalue weighted by atomic mass is 9.96. The summed E-state index contributed by atoms with van der Waals surface area (Å²) in [6.07, 6.45) is 4.59. The van der Waals surface area contributed by atoms with Crippen LogP contribution >= 0.6 is 11.8 Å². The third kappa shape index (κ3) is 4.23. The lowest BCUT2D eigenvalue weighted by Crippen LogP contribution is -2.43. The quantitative estimate of drug-likeness (QED) is 0.568. The van der Waals surface area contributed by atoms with Gasteiger partial charge in [0.2, 0.25) is 5.91 Å². The van der Waals surface area contributed by atoms with Gasteiger partial charge in [0.15, 0.2) is 17.1 Å². The minimum atomic E-state index is -0.946. The van der Waals surface area contributed by atoms with E-state index in [4.69, 9.17) is 0 Å². The van der Waals surface area contributed by atoms with Gasteiger partial charge in [0.05, 0.1) is 22.5 Å². The van der Waals surface area contributed by atoms with Crippen molar-refractivity contribution in [2.24, 2.45) is 5.92 Å². The number of nitriles is 1. The maximum absolute atomic E-state index is 15.6. The Bertz CT molecular complexity index is 1380. The molecular formula is C24H23F2N5O2S. The van der Waals surface area contributed by atoms with Gasteiger partial charge in [-0.2, -0.15) is 5.26 Å². The molecule has 0 unspecified atom stereocenters. The van der Waals surface area contributed by atoms with E-state index in [1.165, 1.54) is 39.9 Å². The van der Waals surface area contributed by atoms with Crippen molar-refractivity contribution in [3.8, 4) is 17.3 Å². The van der Waals surface area contributed by atoms with Crippen molar-refractivity contribution in [1.29, 1.82) is 5.26 Å². The summed E-state index contributed by atoms with van der Waals surface area (Å²) in [5.41, 5.74) is 0.158. The SMILES string of the molecule is CSc1cnc(C#N)cc1-c1cc(=O)c2c(F)c(N3CCC[C@H](C(=O)N(C)C)C3)c(F)cc2[nH]1. The first-order valence-electron chi connectivity index (χ1n) is 10.7. The van der Waals surface area contributed by atoms with Crippen molar-refractivity contribution >= 4 is 34.3 Å². The number of nitrogens with zero attached hydrogens (tertiary/aromatic N) is 4. The number of hydrogen-bond acceptors (Lipinski definition) is 6. The molecule has 1 aliphatic heterocycles. The van der Waals surface area contributed by atoms with Crippen LogP contribution in [-0.4, -0.2) is 54.2 Å². The summed E-state index contributed by atoms with van der Waals surface area (Å²) in [5.74, 6) is -2.22. The summed E-state index contributed by atoms with van der Waals surface area (Å²) < 4.78 is 30.8. The smallest absolute Gasteiger partial charge is 0.226 e. The number of amides is 1. The molecule has 0 aliphatic carbocycles. The molecule has 1 fully saturated rings. The van der Waals surface area contributed by atoms with Crippen LogP contribution in [-0.2, 0) is 4.79 Å². The fourth-order valence-electron chi connectivity index (χ4n) is 4.39. The third-order valence-corrected chi connectivity index (χ3v) is 6.77.